The lowest BCUT2D eigenvalue weighted by Crippen LogP contribution is -2.15. The van der Waals surface area contributed by atoms with Crippen molar-refractivity contribution in [2.45, 2.75) is 6.92 Å². The number of aromatic nitrogens is 6. The quantitative estimate of drug-likeness (QED) is 0.482. The van der Waals surface area contributed by atoms with E-state index < -0.39 is 0 Å². The molecule has 5 rings (SSSR count). The van der Waals surface area contributed by atoms with Gasteiger partial charge in [-0.1, -0.05) is 18.2 Å². The Hall–Kier alpha value is -3.85. The van der Waals surface area contributed by atoms with Crippen LogP contribution in [0.2, 0.25) is 0 Å². The number of nitrogens with one attached hydrogen (secondary N) is 1. The van der Waals surface area contributed by atoms with Crippen molar-refractivity contribution < 1.29 is 4.79 Å². The van der Waals surface area contributed by atoms with Crippen molar-refractivity contribution in [3.8, 4) is 16.3 Å². The van der Waals surface area contributed by atoms with Crippen molar-refractivity contribution in [2.75, 3.05) is 5.32 Å². The second-order valence-corrected chi connectivity index (χ2v) is 7.70. The Labute approximate surface area is 175 Å². The zero-order chi connectivity index (χ0) is 20.7. The number of thiophene rings is 1. The maximum Gasteiger partial charge on any atom is 0.256 e. The molecule has 0 fully saturated rings. The van der Waals surface area contributed by atoms with Crippen molar-refractivity contribution in [3.05, 3.63) is 71.8 Å². The number of amides is 1. The predicted octanol–water partition coefficient (Wildman–Crippen LogP) is 3.84. The van der Waals surface area contributed by atoms with E-state index in [2.05, 4.69) is 20.5 Å². The molecule has 9 heteroatoms. The Morgan fingerprint density at radius 3 is 2.80 bits per heavy atom. The summed E-state index contributed by atoms with van der Waals surface area (Å²) in [5.41, 5.74) is 4.07. The largest absolute Gasteiger partial charge is 0.320 e. The number of rotatable bonds is 4. The van der Waals surface area contributed by atoms with Crippen LogP contribution in [0.1, 0.15) is 16.1 Å². The fourth-order valence-electron chi connectivity index (χ4n) is 3.48. The molecule has 1 N–H and O–H groups in total. The molecule has 1 amide bonds. The zero-order valence-corrected chi connectivity index (χ0v) is 17.1. The highest BCUT2D eigenvalue weighted by molar-refractivity contribution is 7.13. The second kappa shape index (κ2) is 7.20. The van der Waals surface area contributed by atoms with Crippen LogP contribution in [-0.4, -0.2) is 35.4 Å². The second-order valence-electron chi connectivity index (χ2n) is 6.75. The van der Waals surface area contributed by atoms with Gasteiger partial charge in [0.2, 0.25) is 0 Å². The molecule has 0 saturated heterocycles. The van der Waals surface area contributed by atoms with Gasteiger partial charge in [0, 0.05) is 7.05 Å². The summed E-state index contributed by atoms with van der Waals surface area (Å²) in [7, 11) is 1.84. The molecule has 0 aliphatic heterocycles. The summed E-state index contributed by atoms with van der Waals surface area (Å²) < 4.78 is 3.33. The smallest absolute Gasteiger partial charge is 0.256 e. The number of hydrogen-bond donors (Lipinski definition) is 1. The molecule has 0 spiro atoms. The van der Waals surface area contributed by atoms with E-state index in [0.717, 1.165) is 27.3 Å². The third kappa shape index (κ3) is 3.05. The van der Waals surface area contributed by atoms with Crippen molar-refractivity contribution in [3.63, 3.8) is 0 Å². The number of pyridine rings is 1. The average Bonchev–Trinajstić information content (AvgIpc) is 3.50. The number of carbonyl (C=O) groups excluding carboxylic acids is 1. The lowest BCUT2D eigenvalue weighted by Gasteiger charge is -2.12. The topological polar surface area (TPSA) is 90.5 Å². The van der Waals surface area contributed by atoms with Crippen molar-refractivity contribution >= 4 is 34.0 Å². The molecule has 0 aliphatic carbocycles. The molecule has 8 nitrogen and oxygen atoms in total. The third-order valence-electron chi connectivity index (χ3n) is 4.80. The minimum atomic E-state index is -0.233. The Morgan fingerprint density at radius 2 is 2.03 bits per heavy atom. The van der Waals surface area contributed by atoms with E-state index in [9.17, 15) is 4.79 Å². The van der Waals surface area contributed by atoms with E-state index in [4.69, 9.17) is 4.98 Å². The fraction of sp³-hybridized carbons (Fsp3) is 0.0952. The van der Waals surface area contributed by atoms with Crippen LogP contribution in [0.15, 0.2) is 60.5 Å². The standard InChI is InChI=1S/C21H17N7OS/c1-13-19-14(10-16(18-8-5-9-30-18)24-20(19)27(2)26-13)21(29)25-15-6-3-4-7-17(15)28-12-22-11-23-28/h3-12H,1-2H3,(H,25,29). The maximum atomic E-state index is 13.4. The number of aryl methyl sites for hydroxylation is 2. The molecule has 0 aliphatic rings. The van der Waals surface area contributed by atoms with E-state index in [1.807, 2.05) is 61.8 Å². The molecule has 0 bridgehead atoms. The van der Waals surface area contributed by atoms with Gasteiger partial charge in [0.15, 0.2) is 5.65 Å². The summed E-state index contributed by atoms with van der Waals surface area (Å²) in [4.78, 5) is 23.2. The van der Waals surface area contributed by atoms with Crippen molar-refractivity contribution in [1.82, 2.24) is 29.5 Å². The number of nitrogens with zero attached hydrogens (tertiary/aromatic N) is 6. The number of carbonyl (C=O) groups is 1. The molecule has 0 atom stereocenters. The molecule has 5 aromatic rings. The van der Waals surface area contributed by atoms with Gasteiger partial charge in [0.25, 0.3) is 5.91 Å². The van der Waals surface area contributed by atoms with Crippen LogP contribution in [-0.2, 0) is 7.05 Å². The Morgan fingerprint density at radius 1 is 1.17 bits per heavy atom. The maximum absolute atomic E-state index is 13.4. The zero-order valence-electron chi connectivity index (χ0n) is 16.3. The first kappa shape index (κ1) is 18.2. The first-order chi connectivity index (χ1) is 14.6. The van der Waals surface area contributed by atoms with Gasteiger partial charge in [-0.25, -0.2) is 14.6 Å². The summed E-state index contributed by atoms with van der Waals surface area (Å²) in [5, 5.41) is 14.4. The van der Waals surface area contributed by atoms with Gasteiger partial charge in [-0.2, -0.15) is 10.2 Å². The van der Waals surface area contributed by atoms with Gasteiger partial charge in [-0.3, -0.25) is 9.48 Å². The highest BCUT2D eigenvalue weighted by atomic mass is 32.1. The van der Waals surface area contributed by atoms with Crippen LogP contribution in [0.25, 0.3) is 27.3 Å². The van der Waals surface area contributed by atoms with Gasteiger partial charge in [-0.15, -0.1) is 11.3 Å². The van der Waals surface area contributed by atoms with Crippen LogP contribution in [0.3, 0.4) is 0 Å². The highest BCUT2D eigenvalue weighted by Gasteiger charge is 2.20. The summed E-state index contributed by atoms with van der Waals surface area (Å²) in [6, 6.07) is 13.2. The number of para-hydroxylation sites is 2. The van der Waals surface area contributed by atoms with Gasteiger partial charge >= 0.3 is 0 Å². The van der Waals surface area contributed by atoms with Crippen molar-refractivity contribution in [1.29, 1.82) is 0 Å². The molecule has 0 saturated carbocycles. The molecule has 4 heterocycles. The predicted molar refractivity (Wildman–Crippen MR) is 116 cm³/mol. The highest BCUT2D eigenvalue weighted by Crippen LogP contribution is 2.30. The monoisotopic (exact) mass is 415 g/mol. The lowest BCUT2D eigenvalue weighted by atomic mass is 10.1. The van der Waals surface area contributed by atoms with E-state index in [-0.39, 0.29) is 5.91 Å². The Kier molecular flexibility index (Phi) is 4.36. The summed E-state index contributed by atoms with van der Waals surface area (Å²) in [5.74, 6) is -0.233. The van der Waals surface area contributed by atoms with E-state index in [1.165, 1.54) is 6.33 Å². The van der Waals surface area contributed by atoms with Gasteiger partial charge < -0.3 is 5.32 Å². The molecule has 30 heavy (non-hydrogen) atoms. The van der Waals surface area contributed by atoms with Crippen LogP contribution in [0.4, 0.5) is 5.69 Å². The normalized spacial score (nSPS) is 11.1. The van der Waals surface area contributed by atoms with Crippen LogP contribution in [0, 0.1) is 6.92 Å². The minimum absolute atomic E-state index is 0.233. The van der Waals surface area contributed by atoms with Crippen molar-refractivity contribution in [2.24, 2.45) is 7.05 Å². The third-order valence-corrected chi connectivity index (χ3v) is 5.70. The van der Waals surface area contributed by atoms with Gasteiger partial charge in [-0.05, 0) is 36.6 Å². The summed E-state index contributed by atoms with van der Waals surface area (Å²) in [6.45, 7) is 1.88. The Balaban J connectivity index is 1.62. The van der Waals surface area contributed by atoms with Crippen LogP contribution >= 0.6 is 11.3 Å². The molecule has 4 aromatic heterocycles. The number of anilines is 1. The summed E-state index contributed by atoms with van der Waals surface area (Å²) in [6.07, 6.45) is 3.05. The molecule has 0 radical (unpaired) electrons. The molecular weight excluding hydrogens is 398 g/mol. The molecule has 1 aromatic carbocycles. The summed E-state index contributed by atoms with van der Waals surface area (Å²) >= 11 is 1.58. The van der Waals surface area contributed by atoms with Crippen LogP contribution < -0.4 is 5.32 Å². The fourth-order valence-corrected chi connectivity index (χ4v) is 4.16. The SMILES string of the molecule is Cc1nn(C)c2nc(-c3cccs3)cc(C(=O)Nc3ccccc3-n3cncn3)c12. The minimum Gasteiger partial charge on any atom is -0.320 e. The van der Waals surface area contributed by atoms with Gasteiger partial charge in [0.05, 0.1) is 38.6 Å². The average molecular weight is 415 g/mol. The molecular formula is C21H17N7OS. The van der Waals surface area contributed by atoms with E-state index in [1.54, 1.807) is 27.0 Å². The molecule has 0 unspecified atom stereocenters. The first-order valence-electron chi connectivity index (χ1n) is 9.25. The Bertz CT molecular complexity index is 1350. The first-order valence-corrected chi connectivity index (χ1v) is 10.1. The van der Waals surface area contributed by atoms with E-state index >= 15 is 0 Å². The van der Waals surface area contributed by atoms with Crippen LogP contribution in [0.5, 0.6) is 0 Å². The lowest BCUT2D eigenvalue weighted by molar-refractivity contribution is 0.102. The van der Waals surface area contributed by atoms with E-state index in [0.29, 0.717) is 16.9 Å². The number of fused-ring (bicyclic) bond motifs is 1. The molecule has 148 valence electrons. The van der Waals surface area contributed by atoms with Gasteiger partial charge in [0.1, 0.15) is 12.7 Å². The number of benzene rings is 1. The number of hydrogen-bond acceptors (Lipinski definition) is 6.